The lowest BCUT2D eigenvalue weighted by Crippen LogP contribution is -2.26. The number of benzene rings is 2. The van der Waals surface area contributed by atoms with E-state index in [2.05, 4.69) is 0 Å². The van der Waals surface area contributed by atoms with Crippen LogP contribution in [-0.4, -0.2) is 23.0 Å². The smallest absolute Gasteiger partial charge is 0.257 e. The highest BCUT2D eigenvalue weighted by atomic mass is 35.5. The minimum Gasteiger partial charge on any atom is -0.507 e. The molecule has 98 valence electrons. The molecule has 2 rings (SSSR count). The van der Waals surface area contributed by atoms with Gasteiger partial charge in [-0.25, -0.2) is 0 Å². The van der Waals surface area contributed by atoms with Crippen molar-refractivity contribution >= 4 is 17.5 Å². The van der Waals surface area contributed by atoms with Crippen LogP contribution in [0, 0.1) is 0 Å². The highest BCUT2D eigenvalue weighted by Crippen LogP contribution is 2.23. The Hall–Kier alpha value is -2.00. The van der Waals surface area contributed by atoms with E-state index in [9.17, 15) is 9.90 Å². The third-order valence-corrected chi connectivity index (χ3v) is 3.03. The predicted octanol–water partition coefficient (Wildman–Crippen LogP) is 3.32. The van der Waals surface area contributed by atoms with Gasteiger partial charge in [0.2, 0.25) is 0 Å². The summed E-state index contributed by atoms with van der Waals surface area (Å²) < 4.78 is 0. The molecular formula is C15H14ClNO2. The first-order valence-corrected chi connectivity index (χ1v) is 6.23. The van der Waals surface area contributed by atoms with Gasteiger partial charge in [0.05, 0.1) is 5.56 Å². The molecule has 4 heteroatoms. The number of hydrogen-bond acceptors (Lipinski definition) is 2. The number of hydrogen-bond donors (Lipinski definition) is 1. The molecule has 0 aliphatic heterocycles. The van der Waals surface area contributed by atoms with Gasteiger partial charge >= 0.3 is 0 Å². The van der Waals surface area contributed by atoms with E-state index >= 15 is 0 Å². The second-order valence-corrected chi connectivity index (χ2v) is 4.74. The number of carbonyl (C=O) groups excluding carboxylic acids is 1. The third kappa shape index (κ3) is 3.26. The number of phenols is 1. The molecule has 0 spiro atoms. The fourth-order valence-corrected chi connectivity index (χ4v) is 1.99. The first-order valence-electron chi connectivity index (χ1n) is 5.86. The number of amides is 1. The van der Waals surface area contributed by atoms with E-state index in [-0.39, 0.29) is 17.2 Å². The molecular weight excluding hydrogens is 262 g/mol. The Morgan fingerprint density at radius 3 is 2.58 bits per heavy atom. The van der Waals surface area contributed by atoms with Crippen LogP contribution in [0.4, 0.5) is 0 Å². The van der Waals surface area contributed by atoms with Gasteiger partial charge in [-0.05, 0) is 23.8 Å². The van der Waals surface area contributed by atoms with E-state index < -0.39 is 0 Å². The largest absolute Gasteiger partial charge is 0.507 e. The van der Waals surface area contributed by atoms with E-state index in [1.165, 1.54) is 12.1 Å². The maximum atomic E-state index is 12.2. The number of phenolic OH excluding ortho intramolecular Hbond substituents is 1. The molecule has 0 radical (unpaired) electrons. The Kier molecular flexibility index (Phi) is 4.07. The molecule has 0 bridgehead atoms. The lowest BCUT2D eigenvalue weighted by Gasteiger charge is -2.18. The molecule has 19 heavy (non-hydrogen) atoms. The maximum absolute atomic E-state index is 12.2. The topological polar surface area (TPSA) is 40.5 Å². The second-order valence-electron chi connectivity index (χ2n) is 4.31. The summed E-state index contributed by atoms with van der Waals surface area (Å²) in [7, 11) is 1.69. The molecule has 0 heterocycles. The fourth-order valence-electron chi connectivity index (χ4n) is 1.81. The third-order valence-electron chi connectivity index (χ3n) is 2.80. The quantitative estimate of drug-likeness (QED) is 0.933. The molecule has 0 saturated carbocycles. The van der Waals surface area contributed by atoms with Crippen molar-refractivity contribution in [1.29, 1.82) is 0 Å². The second kappa shape index (κ2) is 5.76. The molecule has 1 N–H and O–H groups in total. The summed E-state index contributed by atoms with van der Waals surface area (Å²) in [5.41, 5.74) is 1.24. The van der Waals surface area contributed by atoms with Crippen LogP contribution >= 0.6 is 11.6 Å². The van der Waals surface area contributed by atoms with E-state index in [1.54, 1.807) is 18.0 Å². The van der Waals surface area contributed by atoms with E-state index in [0.29, 0.717) is 11.6 Å². The van der Waals surface area contributed by atoms with Gasteiger partial charge in [-0.1, -0.05) is 41.9 Å². The molecule has 0 unspecified atom stereocenters. The number of rotatable bonds is 3. The zero-order valence-corrected chi connectivity index (χ0v) is 11.3. The van der Waals surface area contributed by atoms with Gasteiger partial charge in [0.1, 0.15) is 5.75 Å². The van der Waals surface area contributed by atoms with Gasteiger partial charge in [0.15, 0.2) is 0 Å². The first-order chi connectivity index (χ1) is 9.08. The van der Waals surface area contributed by atoms with Gasteiger partial charge in [0.25, 0.3) is 5.91 Å². The van der Waals surface area contributed by atoms with Gasteiger partial charge < -0.3 is 10.0 Å². The number of carbonyl (C=O) groups is 1. The van der Waals surface area contributed by atoms with Crippen molar-refractivity contribution < 1.29 is 9.90 Å². The SMILES string of the molecule is CN(Cc1ccccc1)C(=O)c1cc(Cl)ccc1O. The van der Waals surface area contributed by atoms with Crippen LogP contribution < -0.4 is 0 Å². The Morgan fingerprint density at radius 1 is 1.21 bits per heavy atom. The number of nitrogens with zero attached hydrogens (tertiary/aromatic N) is 1. The zero-order valence-electron chi connectivity index (χ0n) is 10.5. The van der Waals surface area contributed by atoms with Crippen LogP contribution in [0.15, 0.2) is 48.5 Å². The average molecular weight is 276 g/mol. The Bertz CT molecular complexity index is 584. The lowest BCUT2D eigenvalue weighted by atomic mass is 10.1. The number of halogens is 1. The van der Waals surface area contributed by atoms with Crippen molar-refractivity contribution in [3.63, 3.8) is 0 Å². The molecule has 0 saturated heterocycles. The van der Waals surface area contributed by atoms with Crippen molar-refractivity contribution in [2.24, 2.45) is 0 Å². The van der Waals surface area contributed by atoms with Gasteiger partial charge in [-0.3, -0.25) is 4.79 Å². The van der Waals surface area contributed by atoms with Crippen molar-refractivity contribution in [3.8, 4) is 5.75 Å². The Balaban J connectivity index is 2.17. The Morgan fingerprint density at radius 2 is 1.89 bits per heavy atom. The molecule has 0 aliphatic carbocycles. The Labute approximate surface area is 117 Å². The molecule has 2 aromatic rings. The summed E-state index contributed by atoms with van der Waals surface area (Å²) in [5.74, 6) is -0.321. The predicted molar refractivity (Wildman–Crippen MR) is 75.4 cm³/mol. The van der Waals surface area contributed by atoms with Crippen LogP contribution in [0.2, 0.25) is 5.02 Å². The number of aromatic hydroxyl groups is 1. The highest BCUT2D eigenvalue weighted by molar-refractivity contribution is 6.31. The highest BCUT2D eigenvalue weighted by Gasteiger charge is 2.16. The van der Waals surface area contributed by atoms with Crippen LogP contribution in [-0.2, 0) is 6.54 Å². The molecule has 0 aromatic heterocycles. The summed E-state index contributed by atoms with van der Waals surface area (Å²) in [6.07, 6.45) is 0. The van der Waals surface area contributed by atoms with Crippen molar-refractivity contribution in [2.45, 2.75) is 6.54 Å². The minimum absolute atomic E-state index is 0.0608. The van der Waals surface area contributed by atoms with Crippen LogP contribution in [0.5, 0.6) is 5.75 Å². The molecule has 0 fully saturated rings. The average Bonchev–Trinajstić information content (AvgIpc) is 2.42. The maximum Gasteiger partial charge on any atom is 0.257 e. The lowest BCUT2D eigenvalue weighted by molar-refractivity contribution is 0.0782. The van der Waals surface area contributed by atoms with Gasteiger partial charge in [-0.2, -0.15) is 0 Å². The summed E-state index contributed by atoms with van der Waals surface area (Å²) >= 11 is 5.84. The van der Waals surface area contributed by atoms with Crippen LogP contribution in [0.3, 0.4) is 0 Å². The zero-order chi connectivity index (χ0) is 13.8. The monoisotopic (exact) mass is 275 g/mol. The van der Waals surface area contributed by atoms with Crippen molar-refractivity contribution in [3.05, 3.63) is 64.7 Å². The molecule has 0 aliphatic rings. The standard InChI is InChI=1S/C15H14ClNO2/c1-17(10-11-5-3-2-4-6-11)15(19)13-9-12(16)7-8-14(13)18/h2-9,18H,10H2,1H3. The van der Waals surface area contributed by atoms with Crippen LogP contribution in [0.1, 0.15) is 15.9 Å². The molecule has 1 amide bonds. The summed E-state index contributed by atoms with van der Waals surface area (Å²) in [4.78, 5) is 13.8. The fraction of sp³-hybridized carbons (Fsp3) is 0.133. The first kappa shape index (κ1) is 13.4. The van der Waals surface area contributed by atoms with Crippen LogP contribution in [0.25, 0.3) is 0 Å². The summed E-state index contributed by atoms with van der Waals surface area (Å²) in [5, 5.41) is 10.1. The van der Waals surface area contributed by atoms with E-state index in [0.717, 1.165) is 5.56 Å². The molecule has 3 nitrogen and oxygen atoms in total. The molecule has 0 atom stereocenters. The summed E-state index contributed by atoms with van der Waals surface area (Å²) in [6, 6.07) is 14.1. The molecule has 2 aromatic carbocycles. The van der Waals surface area contributed by atoms with Gasteiger partial charge in [0, 0.05) is 18.6 Å². The van der Waals surface area contributed by atoms with E-state index in [4.69, 9.17) is 11.6 Å². The van der Waals surface area contributed by atoms with Crippen molar-refractivity contribution in [2.75, 3.05) is 7.05 Å². The summed E-state index contributed by atoms with van der Waals surface area (Å²) in [6.45, 7) is 0.478. The normalized spacial score (nSPS) is 10.2. The van der Waals surface area contributed by atoms with Gasteiger partial charge in [-0.15, -0.1) is 0 Å². The van der Waals surface area contributed by atoms with Crippen molar-refractivity contribution in [1.82, 2.24) is 4.90 Å². The van der Waals surface area contributed by atoms with E-state index in [1.807, 2.05) is 30.3 Å². The minimum atomic E-state index is -0.260.